The lowest BCUT2D eigenvalue weighted by Gasteiger charge is -2.05. The molecule has 0 radical (unpaired) electrons. The monoisotopic (exact) mass is 215 g/mol. The minimum atomic E-state index is -0.476. The van der Waals surface area contributed by atoms with Crippen molar-refractivity contribution in [3.05, 3.63) is 34.3 Å². The maximum Gasteiger partial charge on any atom is 0.0698 e. The summed E-state index contributed by atoms with van der Waals surface area (Å²) >= 11 is 3.31. The Morgan fingerprint density at radius 2 is 1.91 bits per heavy atom. The normalized spacial score (nSPS) is 10.0. The van der Waals surface area contributed by atoms with Gasteiger partial charge in [0.2, 0.25) is 0 Å². The predicted octanol–water partition coefficient (Wildman–Crippen LogP) is 1.28. The van der Waals surface area contributed by atoms with Crippen molar-refractivity contribution < 1.29 is 9.84 Å². The largest absolute Gasteiger partial charge is 0.834 e. The average Bonchev–Trinajstić information content (AvgIpc) is 2.04. The van der Waals surface area contributed by atoms with Gasteiger partial charge in [0.1, 0.15) is 0 Å². The molecule has 0 fully saturated rings. The van der Waals surface area contributed by atoms with Crippen LogP contribution in [0, 0.1) is 0 Å². The second kappa shape index (κ2) is 4.49. The first-order valence-electron chi connectivity index (χ1n) is 3.23. The van der Waals surface area contributed by atoms with E-state index in [4.69, 9.17) is 0 Å². The van der Waals surface area contributed by atoms with Crippen LogP contribution >= 0.6 is 15.9 Å². The fourth-order valence-corrected chi connectivity index (χ4v) is 1.00. The molecule has 3 heteroatoms. The molecule has 1 rings (SSSR count). The first-order valence-corrected chi connectivity index (χ1v) is 4.02. The first kappa shape index (κ1) is 8.71. The molecule has 0 N–H and O–H groups in total. The molecule has 0 amide bonds. The highest BCUT2D eigenvalue weighted by Crippen LogP contribution is 2.10. The Bertz CT molecular complexity index is 208. The van der Waals surface area contributed by atoms with Crippen molar-refractivity contribution in [2.75, 3.05) is 6.79 Å². The summed E-state index contributed by atoms with van der Waals surface area (Å²) in [5.74, 6) is 0. The summed E-state index contributed by atoms with van der Waals surface area (Å²) < 4.78 is 5.72. The summed E-state index contributed by atoms with van der Waals surface area (Å²) in [6.07, 6.45) is 0. The number of halogens is 1. The molecule has 1 aromatic carbocycles. The van der Waals surface area contributed by atoms with Gasteiger partial charge in [-0.2, -0.15) is 0 Å². The molecule has 0 aliphatic heterocycles. The number of benzene rings is 1. The number of hydrogen-bond acceptors (Lipinski definition) is 2. The van der Waals surface area contributed by atoms with Crippen LogP contribution in [0.15, 0.2) is 28.7 Å². The maximum absolute atomic E-state index is 9.94. The molecule has 0 aliphatic rings. The van der Waals surface area contributed by atoms with Gasteiger partial charge >= 0.3 is 0 Å². The van der Waals surface area contributed by atoms with Crippen molar-refractivity contribution in [1.82, 2.24) is 0 Å². The van der Waals surface area contributed by atoms with E-state index in [0.29, 0.717) is 6.61 Å². The third kappa shape index (κ3) is 3.01. The molecule has 2 nitrogen and oxygen atoms in total. The van der Waals surface area contributed by atoms with Gasteiger partial charge in [0.15, 0.2) is 0 Å². The van der Waals surface area contributed by atoms with E-state index in [0.717, 1.165) is 10.0 Å². The molecule has 0 aliphatic carbocycles. The van der Waals surface area contributed by atoms with Gasteiger partial charge in [0, 0.05) is 4.47 Å². The quantitative estimate of drug-likeness (QED) is 0.713. The van der Waals surface area contributed by atoms with Crippen LogP contribution in [0.1, 0.15) is 5.56 Å². The van der Waals surface area contributed by atoms with Crippen molar-refractivity contribution in [3.63, 3.8) is 0 Å². The minimum absolute atomic E-state index is 0.400. The Balaban J connectivity index is 2.52. The number of ether oxygens (including phenoxy) is 1. The lowest BCUT2D eigenvalue weighted by molar-refractivity contribution is -0.433. The summed E-state index contributed by atoms with van der Waals surface area (Å²) in [5.41, 5.74) is 1.02. The lowest BCUT2D eigenvalue weighted by atomic mass is 10.2. The minimum Gasteiger partial charge on any atom is -0.834 e. The zero-order chi connectivity index (χ0) is 8.10. The van der Waals surface area contributed by atoms with Crippen LogP contribution in [0.25, 0.3) is 0 Å². The molecule has 60 valence electrons. The van der Waals surface area contributed by atoms with E-state index in [9.17, 15) is 5.11 Å². The Labute approximate surface area is 73.9 Å². The van der Waals surface area contributed by atoms with E-state index in [2.05, 4.69) is 20.7 Å². The van der Waals surface area contributed by atoms with Crippen molar-refractivity contribution >= 4 is 15.9 Å². The van der Waals surface area contributed by atoms with Gasteiger partial charge in [-0.25, -0.2) is 0 Å². The Hall–Kier alpha value is -0.380. The Kier molecular flexibility index (Phi) is 3.56. The predicted molar refractivity (Wildman–Crippen MR) is 43.8 cm³/mol. The van der Waals surface area contributed by atoms with Crippen LogP contribution in [-0.4, -0.2) is 6.79 Å². The van der Waals surface area contributed by atoms with Crippen molar-refractivity contribution in [2.45, 2.75) is 6.61 Å². The van der Waals surface area contributed by atoms with Crippen LogP contribution in [0.5, 0.6) is 0 Å². The molecule has 0 atom stereocenters. The topological polar surface area (TPSA) is 32.3 Å². The van der Waals surface area contributed by atoms with E-state index in [1.165, 1.54) is 0 Å². The summed E-state index contributed by atoms with van der Waals surface area (Å²) in [6, 6.07) is 7.67. The summed E-state index contributed by atoms with van der Waals surface area (Å²) in [6.45, 7) is -0.0765. The summed E-state index contributed by atoms with van der Waals surface area (Å²) in [5, 5.41) is 9.94. The van der Waals surface area contributed by atoms with Gasteiger partial charge in [0.05, 0.1) is 6.61 Å². The standard InChI is InChI=1S/C8H8BrO2/c9-8-3-1-7(2-4-8)5-11-6-10/h1-4H,5-6H2/q-1. The highest BCUT2D eigenvalue weighted by Gasteiger charge is 1.89. The van der Waals surface area contributed by atoms with E-state index in [1.807, 2.05) is 24.3 Å². The maximum atomic E-state index is 9.94. The fourth-order valence-electron chi connectivity index (χ4n) is 0.740. The average molecular weight is 216 g/mol. The smallest absolute Gasteiger partial charge is 0.0698 e. The molecule has 0 bridgehead atoms. The van der Waals surface area contributed by atoms with Crippen LogP contribution in [0.3, 0.4) is 0 Å². The van der Waals surface area contributed by atoms with E-state index >= 15 is 0 Å². The van der Waals surface area contributed by atoms with E-state index < -0.39 is 6.79 Å². The molecular weight excluding hydrogens is 208 g/mol. The second-order valence-corrected chi connectivity index (χ2v) is 3.01. The van der Waals surface area contributed by atoms with Gasteiger partial charge in [-0.05, 0) is 24.5 Å². The molecule has 1 aromatic rings. The van der Waals surface area contributed by atoms with Crippen LogP contribution in [0.2, 0.25) is 0 Å². The summed E-state index contributed by atoms with van der Waals surface area (Å²) in [4.78, 5) is 0. The highest BCUT2D eigenvalue weighted by molar-refractivity contribution is 9.10. The third-order valence-electron chi connectivity index (χ3n) is 1.27. The number of hydrogen-bond donors (Lipinski definition) is 0. The fraction of sp³-hybridized carbons (Fsp3) is 0.250. The summed E-state index contributed by atoms with van der Waals surface area (Å²) in [7, 11) is 0. The SMILES string of the molecule is [O-]COCc1ccc(Br)cc1. The number of rotatable bonds is 3. The highest BCUT2D eigenvalue weighted by atomic mass is 79.9. The third-order valence-corrected chi connectivity index (χ3v) is 1.79. The van der Waals surface area contributed by atoms with Gasteiger partial charge in [0.25, 0.3) is 0 Å². The van der Waals surface area contributed by atoms with Crippen LogP contribution in [-0.2, 0) is 11.3 Å². The Morgan fingerprint density at radius 3 is 2.45 bits per heavy atom. The molecule has 0 saturated carbocycles. The van der Waals surface area contributed by atoms with Gasteiger partial charge < -0.3 is 9.84 Å². The molecule has 11 heavy (non-hydrogen) atoms. The van der Waals surface area contributed by atoms with Crippen molar-refractivity contribution in [3.8, 4) is 0 Å². The molecule has 0 saturated heterocycles. The van der Waals surface area contributed by atoms with E-state index in [-0.39, 0.29) is 0 Å². The van der Waals surface area contributed by atoms with Gasteiger partial charge in [-0.3, -0.25) is 0 Å². The molecule has 0 unspecified atom stereocenters. The molecule has 0 spiro atoms. The van der Waals surface area contributed by atoms with Crippen LogP contribution in [0.4, 0.5) is 0 Å². The zero-order valence-electron chi connectivity index (χ0n) is 5.92. The van der Waals surface area contributed by atoms with Gasteiger partial charge in [-0.15, -0.1) is 0 Å². The first-order chi connectivity index (χ1) is 5.33. The molecule has 0 aromatic heterocycles. The zero-order valence-corrected chi connectivity index (χ0v) is 7.50. The van der Waals surface area contributed by atoms with Gasteiger partial charge in [-0.1, -0.05) is 28.1 Å². The second-order valence-electron chi connectivity index (χ2n) is 2.09. The van der Waals surface area contributed by atoms with E-state index in [1.54, 1.807) is 0 Å². The lowest BCUT2D eigenvalue weighted by Crippen LogP contribution is -2.09. The molecule has 0 heterocycles. The Morgan fingerprint density at radius 1 is 1.27 bits per heavy atom. The van der Waals surface area contributed by atoms with Crippen molar-refractivity contribution in [2.24, 2.45) is 0 Å². The van der Waals surface area contributed by atoms with Crippen LogP contribution < -0.4 is 5.11 Å². The van der Waals surface area contributed by atoms with Crippen molar-refractivity contribution in [1.29, 1.82) is 0 Å². The molecular formula is C8H8BrO2-.